The zero-order valence-electron chi connectivity index (χ0n) is 10.1. The fourth-order valence-corrected chi connectivity index (χ4v) is 2.37. The Labute approximate surface area is 111 Å². The van der Waals surface area contributed by atoms with E-state index in [2.05, 4.69) is 10.3 Å². The van der Waals surface area contributed by atoms with Crippen molar-refractivity contribution < 1.29 is 9.90 Å². The van der Waals surface area contributed by atoms with Gasteiger partial charge in [0.15, 0.2) is 0 Å². The summed E-state index contributed by atoms with van der Waals surface area (Å²) in [6, 6.07) is 3.47. The van der Waals surface area contributed by atoms with Crippen molar-refractivity contribution in [2.75, 3.05) is 6.61 Å². The summed E-state index contributed by atoms with van der Waals surface area (Å²) in [5.41, 5.74) is 0.392. The second-order valence-corrected chi connectivity index (χ2v) is 5.17. The van der Waals surface area contributed by atoms with Crippen LogP contribution in [0.2, 0.25) is 5.02 Å². The molecule has 1 saturated carbocycles. The van der Waals surface area contributed by atoms with Crippen molar-refractivity contribution >= 4 is 17.5 Å². The van der Waals surface area contributed by atoms with Crippen molar-refractivity contribution in [3.05, 3.63) is 29.0 Å². The van der Waals surface area contributed by atoms with Gasteiger partial charge in [-0.25, -0.2) is 4.98 Å². The SMILES string of the molecule is O=C(NC1CCC(CO)CC1)c1ccc(Cl)cn1. The van der Waals surface area contributed by atoms with Gasteiger partial charge in [0.2, 0.25) is 0 Å². The summed E-state index contributed by atoms with van der Waals surface area (Å²) >= 11 is 5.72. The molecule has 98 valence electrons. The van der Waals surface area contributed by atoms with Gasteiger partial charge >= 0.3 is 0 Å². The predicted octanol–water partition coefficient (Wildman–Crippen LogP) is 2.02. The highest BCUT2D eigenvalue weighted by molar-refractivity contribution is 6.30. The number of nitrogens with zero attached hydrogens (tertiary/aromatic N) is 1. The number of hydrogen-bond donors (Lipinski definition) is 2. The lowest BCUT2D eigenvalue weighted by molar-refractivity contribution is 0.0909. The molecule has 0 aromatic carbocycles. The van der Waals surface area contributed by atoms with Crippen molar-refractivity contribution in [3.8, 4) is 0 Å². The van der Waals surface area contributed by atoms with E-state index in [1.165, 1.54) is 6.20 Å². The number of hydrogen-bond acceptors (Lipinski definition) is 3. The van der Waals surface area contributed by atoms with Crippen LogP contribution in [0, 0.1) is 5.92 Å². The lowest BCUT2D eigenvalue weighted by Gasteiger charge is -2.27. The van der Waals surface area contributed by atoms with Crippen molar-refractivity contribution in [3.63, 3.8) is 0 Å². The molecule has 0 spiro atoms. The smallest absolute Gasteiger partial charge is 0.270 e. The highest BCUT2D eigenvalue weighted by atomic mass is 35.5. The molecule has 1 amide bonds. The van der Waals surface area contributed by atoms with Crippen LogP contribution in [0.5, 0.6) is 0 Å². The minimum Gasteiger partial charge on any atom is -0.396 e. The Bertz CT molecular complexity index is 400. The third kappa shape index (κ3) is 3.43. The Hall–Kier alpha value is -1.13. The summed E-state index contributed by atoms with van der Waals surface area (Å²) in [6.07, 6.45) is 5.25. The second kappa shape index (κ2) is 6.16. The van der Waals surface area contributed by atoms with E-state index in [4.69, 9.17) is 16.7 Å². The number of halogens is 1. The van der Waals surface area contributed by atoms with E-state index < -0.39 is 0 Å². The van der Waals surface area contributed by atoms with Gasteiger partial charge in [-0.3, -0.25) is 4.79 Å². The van der Waals surface area contributed by atoms with Crippen molar-refractivity contribution in [2.45, 2.75) is 31.7 Å². The molecule has 2 N–H and O–H groups in total. The molecule has 1 aromatic rings. The number of carbonyl (C=O) groups is 1. The number of aliphatic hydroxyl groups excluding tert-OH is 1. The van der Waals surface area contributed by atoms with Gasteiger partial charge in [-0.15, -0.1) is 0 Å². The number of aromatic nitrogens is 1. The van der Waals surface area contributed by atoms with Crippen LogP contribution in [-0.2, 0) is 0 Å². The Morgan fingerprint density at radius 2 is 2.11 bits per heavy atom. The first kappa shape index (κ1) is 13.3. The second-order valence-electron chi connectivity index (χ2n) is 4.74. The molecule has 18 heavy (non-hydrogen) atoms. The molecular formula is C13H17ClN2O2. The zero-order chi connectivity index (χ0) is 13.0. The maximum atomic E-state index is 11.9. The van der Waals surface area contributed by atoms with Crippen molar-refractivity contribution in [1.29, 1.82) is 0 Å². The number of pyridine rings is 1. The third-order valence-corrected chi connectivity index (χ3v) is 3.62. The third-order valence-electron chi connectivity index (χ3n) is 3.40. The molecule has 0 atom stereocenters. The maximum absolute atomic E-state index is 11.9. The molecule has 1 aromatic heterocycles. The summed E-state index contributed by atoms with van der Waals surface area (Å²) in [5, 5.41) is 12.5. The van der Waals surface area contributed by atoms with E-state index in [0.29, 0.717) is 16.6 Å². The van der Waals surface area contributed by atoms with Crippen LogP contribution in [0.25, 0.3) is 0 Å². The molecule has 0 saturated heterocycles. The Balaban J connectivity index is 1.86. The molecule has 0 radical (unpaired) electrons. The average Bonchev–Trinajstić information content (AvgIpc) is 2.40. The molecule has 1 heterocycles. The van der Waals surface area contributed by atoms with Gasteiger partial charge in [-0.2, -0.15) is 0 Å². The number of rotatable bonds is 3. The Morgan fingerprint density at radius 3 is 2.67 bits per heavy atom. The van der Waals surface area contributed by atoms with Crippen LogP contribution in [-0.4, -0.2) is 28.6 Å². The maximum Gasteiger partial charge on any atom is 0.270 e. The lowest BCUT2D eigenvalue weighted by Crippen LogP contribution is -2.38. The fourth-order valence-electron chi connectivity index (χ4n) is 2.26. The number of amides is 1. The number of nitrogens with one attached hydrogen (secondary N) is 1. The highest BCUT2D eigenvalue weighted by Gasteiger charge is 2.22. The van der Waals surface area contributed by atoms with Gasteiger partial charge in [0.25, 0.3) is 5.91 Å². The topological polar surface area (TPSA) is 62.2 Å². The van der Waals surface area contributed by atoms with Gasteiger partial charge < -0.3 is 10.4 Å². The van der Waals surface area contributed by atoms with Crippen molar-refractivity contribution in [1.82, 2.24) is 10.3 Å². The normalized spacial score (nSPS) is 23.7. The van der Waals surface area contributed by atoms with E-state index in [9.17, 15) is 4.79 Å². The van der Waals surface area contributed by atoms with E-state index in [1.807, 2.05) is 0 Å². The first-order chi connectivity index (χ1) is 8.69. The summed E-state index contributed by atoms with van der Waals surface area (Å²) in [4.78, 5) is 15.9. The van der Waals surface area contributed by atoms with Gasteiger partial charge in [-0.1, -0.05) is 11.6 Å². The zero-order valence-corrected chi connectivity index (χ0v) is 10.9. The summed E-state index contributed by atoms with van der Waals surface area (Å²) in [7, 11) is 0. The Kier molecular flexibility index (Phi) is 4.55. The van der Waals surface area contributed by atoms with Gasteiger partial charge in [0, 0.05) is 18.8 Å². The molecule has 0 unspecified atom stereocenters. The molecule has 2 rings (SSSR count). The average molecular weight is 269 g/mol. The molecular weight excluding hydrogens is 252 g/mol. The van der Waals surface area contributed by atoms with E-state index >= 15 is 0 Å². The molecule has 1 aliphatic rings. The summed E-state index contributed by atoms with van der Waals surface area (Å²) in [5.74, 6) is 0.242. The predicted molar refractivity (Wildman–Crippen MR) is 69.5 cm³/mol. The Morgan fingerprint density at radius 1 is 1.39 bits per heavy atom. The fraction of sp³-hybridized carbons (Fsp3) is 0.538. The van der Waals surface area contributed by atoms with E-state index in [1.54, 1.807) is 12.1 Å². The minimum atomic E-state index is -0.154. The summed E-state index contributed by atoms with van der Waals surface area (Å²) in [6.45, 7) is 0.249. The first-order valence-corrected chi connectivity index (χ1v) is 6.60. The molecule has 1 fully saturated rings. The standard InChI is InChI=1S/C13H17ClN2O2/c14-10-3-6-12(15-7-10)13(18)16-11-4-1-9(8-17)2-5-11/h3,6-7,9,11,17H,1-2,4-5,8H2,(H,16,18). The largest absolute Gasteiger partial charge is 0.396 e. The van der Waals surface area contributed by atoms with Crippen LogP contribution in [0.3, 0.4) is 0 Å². The van der Waals surface area contributed by atoms with Crippen LogP contribution < -0.4 is 5.32 Å². The first-order valence-electron chi connectivity index (χ1n) is 6.22. The monoisotopic (exact) mass is 268 g/mol. The molecule has 1 aliphatic carbocycles. The molecule has 4 nitrogen and oxygen atoms in total. The quantitative estimate of drug-likeness (QED) is 0.882. The van der Waals surface area contributed by atoms with Crippen LogP contribution in [0.4, 0.5) is 0 Å². The van der Waals surface area contributed by atoms with Crippen LogP contribution in [0.15, 0.2) is 18.3 Å². The van der Waals surface area contributed by atoms with E-state index in [-0.39, 0.29) is 18.6 Å². The van der Waals surface area contributed by atoms with Crippen molar-refractivity contribution in [2.24, 2.45) is 5.92 Å². The lowest BCUT2D eigenvalue weighted by atomic mass is 9.86. The molecule has 0 aliphatic heterocycles. The van der Waals surface area contributed by atoms with Crippen LogP contribution >= 0.6 is 11.6 Å². The van der Waals surface area contributed by atoms with Gasteiger partial charge in [0.1, 0.15) is 5.69 Å². The molecule has 0 bridgehead atoms. The van der Waals surface area contributed by atoms with Gasteiger partial charge in [-0.05, 0) is 43.7 Å². The highest BCUT2D eigenvalue weighted by Crippen LogP contribution is 2.23. The van der Waals surface area contributed by atoms with E-state index in [0.717, 1.165) is 25.7 Å². The molecule has 5 heteroatoms. The number of carbonyl (C=O) groups excluding carboxylic acids is 1. The van der Waals surface area contributed by atoms with Gasteiger partial charge in [0.05, 0.1) is 5.02 Å². The summed E-state index contributed by atoms with van der Waals surface area (Å²) < 4.78 is 0. The van der Waals surface area contributed by atoms with Crippen LogP contribution in [0.1, 0.15) is 36.2 Å². The minimum absolute atomic E-state index is 0.154. The number of aliphatic hydroxyl groups is 1.